The van der Waals surface area contributed by atoms with Crippen LogP contribution in [0.5, 0.6) is 0 Å². The van der Waals surface area contributed by atoms with Gasteiger partial charge in [-0.05, 0) is 67.7 Å². The van der Waals surface area contributed by atoms with E-state index < -0.39 is 24.3 Å². The van der Waals surface area contributed by atoms with Crippen molar-refractivity contribution in [1.29, 1.82) is 0 Å². The first-order valence-electron chi connectivity index (χ1n) is 9.56. The van der Waals surface area contributed by atoms with Gasteiger partial charge in [-0.2, -0.15) is 0 Å². The number of aromatic carboxylic acids is 1. The molecule has 0 atom stereocenters. The van der Waals surface area contributed by atoms with Crippen molar-refractivity contribution in [3.05, 3.63) is 53.0 Å². The molecule has 3 rings (SSSR count). The number of nitrogens with one attached hydrogen (secondary N) is 1. The Kier molecular flexibility index (Phi) is 5.56. The van der Waals surface area contributed by atoms with Gasteiger partial charge in [0.2, 0.25) is 5.91 Å². The predicted molar refractivity (Wildman–Crippen MR) is 114 cm³/mol. The van der Waals surface area contributed by atoms with Gasteiger partial charge in [-0.1, -0.05) is 24.3 Å². The molecule has 2 aromatic rings. The van der Waals surface area contributed by atoms with Crippen molar-refractivity contribution < 1.29 is 24.0 Å². The summed E-state index contributed by atoms with van der Waals surface area (Å²) >= 11 is 0. The summed E-state index contributed by atoms with van der Waals surface area (Å²) in [7, 11) is -0.572. The van der Waals surface area contributed by atoms with Gasteiger partial charge in [0, 0.05) is 13.5 Å². The molecule has 0 aliphatic carbocycles. The lowest BCUT2D eigenvalue weighted by atomic mass is 9.77. The number of hydrogen-bond acceptors (Lipinski definition) is 4. The average Bonchev–Trinajstić information content (AvgIpc) is 2.85. The molecule has 0 spiro atoms. The Hall–Kier alpha value is -2.64. The first-order valence-corrected chi connectivity index (χ1v) is 9.56. The van der Waals surface area contributed by atoms with Crippen LogP contribution in [0.4, 0.5) is 0 Å². The van der Waals surface area contributed by atoms with E-state index >= 15 is 0 Å². The quantitative estimate of drug-likeness (QED) is 0.755. The van der Waals surface area contributed by atoms with Gasteiger partial charge in [-0.15, -0.1) is 0 Å². The molecule has 29 heavy (non-hydrogen) atoms. The van der Waals surface area contributed by atoms with Crippen LogP contribution in [0, 0.1) is 0 Å². The summed E-state index contributed by atoms with van der Waals surface area (Å²) in [6.45, 7) is 9.72. The van der Waals surface area contributed by atoms with Gasteiger partial charge in [0.05, 0.1) is 16.8 Å². The van der Waals surface area contributed by atoms with E-state index in [-0.39, 0.29) is 11.5 Å². The zero-order valence-electron chi connectivity index (χ0n) is 17.4. The molecule has 0 unspecified atom stereocenters. The first kappa shape index (κ1) is 21.1. The number of fused-ring (bicyclic) bond motifs is 1. The average molecular weight is 395 g/mol. The Bertz CT molecular complexity index is 980. The predicted octanol–water partition coefficient (Wildman–Crippen LogP) is 3.69. The van der Waals surface area contributed by atoms with Crippen molar-refractivity contribution >= 4 is 35.8 Å². The molecule has 6 nitrogen and oxygen atoms in total. The standard InChI is InChI=1S/C22H26BNO5/c1-14(25)24-13-19(23-28-21(2,3)22(4,5)29-23)11-15-6-7-17-12-18(20(26)27)9-8-16(17)10-15/h6-12H,13H2,1-5H3,(H,24,25)(H,26,27). The van der Waals surface area contributed by atoms with Crippen LogP contribution >= 0.6 is 0 Å². The fourth-order valence-electron chi connectivity index (χ4n) is 3.12. The van der Waals surface area contributed by atoms with Crippen molar-refractivity contribution in [1.82, 2.24) is 5.32 Å². The van der Waals surface area contributed by atoms with E-state index in [0.717, 1.165) is 21.8 Å². The monoisotopic (exact) mass is 395 g/mol. The highest BCUT2D eigenvalue weighted by molar-refractivity contribution is 6.56. The fourth-order valence-corrected chi connectivity index (χ4v) is 3.12. The third-order valence-electron chi connectivity index (χ3n) is 5.56. The van der Waals surface area contributed by atoms with Gasteiger partial charge >= 0.3 is 13.1 Å². The van der Waals surface area contributed by atoms with Crippen molar-refractivity contribution in [3.8, 4) is 0 Å². The maximum atomic E-state index is 11.5. The Morgan fingerprint density at radius 1 is 1.03 bits per heavy atom. The van der Waals surface area contributed by atoms with Crippen LogP contribution < -0.4 is 5.32 Å². The second-order valence-corrected chi connectivity index (χ2v) is 8.34. The maximum absolute atomic E-state index is 11.5. The minimum Gasteiger partial charge on any atom is -0.478 e. The zero-order chi connectivity index (χ0) is 21.4. The molecule has 0 saturated carbocycles. The van der Waals surface area contributed by atoms with Gasteiger partial charge in [0.15, 0.2) is 0 Å². The van der Waals surface area contributed by atoms with E-state index in [1.54, 1.807) is 18.2 Å². The highest BCUT2D eigenvalue weighted by Crippen LogP contribution is 2.38. The molecule has 1 aliphatic rings. The van der Waals surface area contributed by atoms with Gasteiger partial charge in [0.1, 0.15) is 0 Å². The van der Waals surface area contributed by atoms with Crippen LogP contribution in [0.1, 0.15) is 50.5 Å². The molecule has 1 saturated heterocycles. The Labute approximate surface area is 171 Å². The lowest BCUT2D eigenvalue weighted by molar-refractivity contribution is -0.118. The maximum Gasteiger partial charge on any atom is 0.492 e. The summed E-state index contributed by atoms with van der Waals surface area (Å²) in [6, 6.07) is 10.8. The second kappa shape index (κ2) is 7.65. The summed E-state index contributed by atoms with van der Waals surface area (Å²) in [4.78, 5) is 22.6. The third-order valence-corrected chi connectivity index (χ3v) is 5.56. The van der Waals surface area contributed by atoms with Crippen molar-refractivity contribution in [3.63, 3.8) is 0 Å². The molecule has 0 aromatic heterocycles. The molecule has 0 radical (unpaired) electrons. The molecular weight excluding hydrogens is 369 g/mol. The van der Waals surface area contributed by atoms with E-state index in [2.05, 4.69) is 5.32 Å². The summed E-state index contributed by atoms with van der Waals surface area (Å²) in [6.07, 6.45) is 1.95. The molecular formula is C22H26BNO5. The van der Waals surface area contributed by atoms with E-state index in [0.29, 0.717) is 6.54 Å². The van der Waals surface area contributed by atoms with Crippen molar-refractivity contribution in [2.24, 2.45) is 0 Å². The summed E-state index contributed by atoms with van der Waals surface area (Å²) in [5, 5.41) is 13.8. The lowest BCUT2D eigenvalue weighted by Gasteiger charge is -2.32. The van der Waals surface area contributed by atoms with Gasteiger partial charge < -0.3 is 19.7 Å². The summed E-state index contributed by atoms with van der Waals surface area (Å²) in [5.74, 6) is -1.08. The molecule has 1 heterocycles. The number of amides is 1. The fraction of sp³-hybridized carbons (Fsp3) is 0.364. The van der Waals surface area contributed by atoms with Crippen LogP contribution in [-0.4, -0.2) is 41.8 Å². The summed E-state index contributed by atoms with van der Waals surface area (Å²) < 4.78 is 12.3. The minimum atomic E-state index is -0.950. The SMILES string of the molecule is CC(=O)NCC(=Cc1ccc2cc(C(=O)O)ccc2c1)B1OC(C)(C)C(C)(C)O1. The van der Waals surface area contributed by atoms with Crippen LogP contribution in [0.25, 0.3) is 16.8 Å². The molecule has 2 N–H and O–H groups in total. The van der Waals surface area contributed by atoms with Crippen LogP contribution in [-0.2, 0) is 14.1 Å². The number of benzene rings is 2. The van der Waals surface area contributed by atoms with E-state index in [1.807, 2.05) is 52.0 Å². The topological polar surface area (TPSA) is 84.9 Å². The number of rotatable bonds is 5. The molecule has 1 fully saturated rings. The summed E-state index contributed by atoms with van der Waals surface area (Å²) in [5.41, 5.74) is 1.01. The third kappa shape index (κ3) is 4.52. The molecule has 152 valence electrons. The highest BCUT2D eigenvalue weighted by Gasteiger charge is 2.52. The molecule has 2 aromatic carbocycles. The zero-order valence-corrected chi connectivity index (χ0v) is 17.4. The number of carbonyl (C=O) groups is 2. The van der Waals surface area contributed by atoms with Crippen LogP contribution in [0.2, 0.25) is 0 Å². The smallest absolute Gasteiger partial charge is 0.478 e. The Morgan fingerprint density at radius 2 is 1.62 bits per heavy atom. The van der Waals surface area contributed by atoms with Crippen LogP contribution in [0.15, 0.2) is 41.9 Å². The number of carboxylic acids is 1. The molecule has 0 bridgehead atoms. The normalized spacial score (nSPS) is 18.1. The van der Waals surface area contributed by atoms with E-state index in [9.17, 15) is 9.59 Å². The second-order valence-electron chi connectivity index (χ2n) is 8.34. The molecule has 7 heteroatoms. The Morgan fingerprint density at radius 3 is 2.21 bits per heavy atom. The molecule has 1 amide bonds. The van der Waals surface area contributed by atoms with E-state index in [1.165, 1.54) is 6.92 Å². The van der Waals surface area contributed by atoms with Crippen molar-refractivity contribution in [2.75, 3.05) is 6.54 Å². The largest absolute Gasteiger partial charge is 0.492 e. The Balaban J connectivity index is 1.96. The minimum absolute atomic E-state index is 0.132. The lowest BCUT2D eigenvalue weighted by Crippen LogP contribution is -2.41. The van der Waals surface area contributed by atoms with Crippen molar-refractivity contribution in [2.45, 2.75) is 45.8 Å². The highest BCUT2D eigenvalue weighted by atomic mass is 16.7. The van der Waals surface area contributed by atoms with E-state index in [4.69, 9.17) is 14.4 Å². The number of carbonyl (C=O) groups excluding carboxylic acids is 1. The van der Waals surface area contributed by atoms with Crippen LogP contribution in [0.3, 0.4) is 0 Å². The molecule has 1 aliphatic heterocycles. The number of carboxylic acid groups (broad SMARTS) is 1. The number of hydrogen-bond donors (Lipinski definition) is 2. The van der Waals surface area contributed by atoms with Gasteiger partial charge in [0.25, 0.3) is 0 Å². The van der Waals surface area contributed by atoms with Gasteiger partial charge in [-0.3, -0.25) is 4.79 Å². The first-order chi connectivity index (χ1) is 13.5. The van der Waals surface area contributed by atoms with Gasteiger partial charge in [-0.25, -0.2) is 4.79 Å².